The number of hydrogen-bond acceptors (Lipinski definition) is 4. The average molecular weight is 430 g/mol. The maximum Gasteiger partial charge on any atom is 0.253 e. The Hall–Kier alpha value is -2.44. The Balaban J connectivity index is 1.62. The molecule has 0 aliphatic carbocycles. The molecule has 1 aromatic heterocycles. The first-order valence-corrected chi connectivity index (χ1v) is 10.5. The van der Waals surface area contributed by atoms with Crippen molar-refractivity contribution >= 4 is 23.4 Å². The number of aliphatic hydroxyl groups is 1. The number of pyridine rings is 1. The monoisotopic (exact) mass is 429 g/mol. The van der Waals surface area contributed by atoms with Crippen molar-refractivity contribution in [3.8, 4) is 0 Å². The van der Waals surface area contributed by atoms with Gasteiger partial charge in [0.25, 0.3) is 5.91 Å². The van der Waals surface area contributed by atoms with Crippen LogP contribution >= 0.6 is 11.6 Å². The van der Waals surface area contributed by atoms with E-state index >= 15 is 0 Å². The highest BCUT2D eigenvalue weighted by atomic mass is 35.5. The minimum absolute atomic E-state index is 0.0415. The quantitative estimate of drug-likeness (QED) is 0.763. The topological polar surface area (TPSA) is 82.5 Å². The first-order valence-electron chi connectivity index (χ1n) is 10.1. The molecule has 2 heterocycles. The maximum atomic E-state index is 12.9. The summed E-state index contributed by atoms with van der Waals surface area (Å²) in [6.45, 7) is 6.62. The minimum atomic E-state index is -1.05. The second-order valence-corrected chi connectivity index (χ2v) is 9.07. The third-order valence-electron chi connectivity index (χ3n) is 5.91. The molecule has 1 saturated heterocycles. The van der Waals surface area contributed by atoms with Gasteiger partial charge in [0.2, 0.25) is 5.91 Å². The fourth-order valence-electron chi connectivity index (χ4n) is 4.04. The van der Waals surface area contributed by atoms with Crippen molar-refractivity contribution < 1.29 is 14.7 Å². The van der Waals surface area contributed by atoms with Crippen molar-refractivity contribution in [2.45, 2.75) is 45.3 Å². The van der Waals surface area contributed by atoms with Crippen LogP contribution in [0.3, 0.4) is 0 Å². The number of nitrogens with one attached hydrogen (secondary N) is 1. The zero-order valence-corrected chi connectivity index (χ0v) is 18.3. The number of nitrogens with zero attached hydrogens (tertiary/aromatic N) is 2. The molecule has 0 unspecified atom stereocenters. The van der Waals surface area contributed by atoms with E-state index in [0.29, 0.717) is 30.1 Å². The van der Waals surface area contributed by atoms with Crippen molar-refractivity contribution in [1.82, 2.24) is 15.2 Å². The summed E-state index contributed by atoms with van der Waals surface area (Å²) in [5.74, 6) is -0.292. The third kappa shape index (κ3) is 4.65. The molecule has 30 heavy (non-hydrogen) atoms. The van der Waals surface area contributed by atoms with Gasteiger partial charge in [0.1, 0.15) is 0 Å². The molecule has 1 aromatic carbocycles. The Kier molecular flexibility index (Phi) is 6.48. The molecule has 0 radical (unpaired) electrons. The van der Waals surface area contributed by atoms with Crippen LogP contribution in [0.25, 0.3) is 0 Å². The molecule has 7 heteroatoms. The van der Waals surface area contributed by atoms with Gasteiger partial charge in [-0.2, -0.15) is 0 Å². The molecule has 3 rings (SSSR count). The Morgan fingerprint density at radius 1 is 1.27 bits per heavy atom. The van der Waals surface area contributed by atoms with Gasteiger partial charge < -0.3 is 15.3 Å². The van der Waals surface area contributed by atoms with E-state index < -0.39 is 11.0 Å². The van der Waals surface area contributed by atoms with Crippen molar-refractivity contribution in [2.75, 3.05) is 13.1 Å². The normalized spacial score (nSPS) is 21.7. The second kappa shape index (κ2) is 8.74. The lowest BCUT2D eigenvalue weighted by Crippen LogP contribution is -2.57. The molecule has 2 atom stereocenters. The molecule has 160 valence electrons. The highest BCUT2D eigenvalue weighted by Gasteiger charge is 2.49. The number of piperidine rings is 1. The highest BCUT2D eigenvalue weighted by molar-refractivity contribution is 6.30. The van der Waals surface area contributed by atoms with Crippen LogP contribution in [0.5, 0.6) is 0 Å². The van der Waals surface area contributed by atoms with Crippen LogP contribution in [0, 0.1) is 5.41 Å². The van der Waals surface area contributed by atoms with Gasteiger partial charge in [-0.3, -0.25) is 14.6 Å². The lowest BCUT2D eigenvalue weighted by atomic mass is 9.66. The number of benzene rings is 1. The van der Waals surface area contributed by atoms with E-state index in [1.807, 2.05) is 32.9 Å². The van der Waals surface area contributed by atoms with E-state index in [-0.39, 0.29) is 24.3 Å². The van der Waals surface area contributed by atoms with Gasteiger partial charge in [0, 0.05) is 48.4 Å². The molecule has 0 saturated carbocycles. The molecule has 1 aliphatic heterocycles. The van der Waals surface area contributed by atoms with E-state index in [0.717, 1.165) is 5.56 Å². The summed E-state index contributed by atoms with van der Waals surface area (Å²) in [5, 5.41) is 14.9. The molecule has 6 nitrogen and oxygen atoms in total. The smallest absolute Gasteiger partial charge is 0.253 e. The summed E-state index contributed by atoms with van der Waals surface area (Å²) in [4.78, 5) is 30.8. The molecule has 1 fully saturated rings. The number of halogens is 1. The number of likely N-dealkylation sites (tertiary alicyclic amines) is 1. The summed E-state index contributed by atoms with van der Waals surface area (Å²) in [6, 6.07) is 10.3. The van der Waals surface area contributed by atoms with Crippen LogP contribution < -0.4 is 5.32 Å². The number of aromatic nitrogens is 1. The summed E-state index contributed by atoms with van der Waals surface area (Å²) >= 11 is 5.99. The maximum absolute atomic E-state index is 12.9. The van der Waals surface area contributed by atoms with Gasteiger partial charge >= 0.3 is 0 Å². The molecular weight excluding hydrogens is 402 g/mol. The number of rotatable bonds is 5. The first kappa shape index (κ1) is 22.2. The number of hydrogen-bond donors (Lipinski definition) is 2. The van der Waals surface area contributed by atoms with E-state index in [1.165, 1.54) is 6.20 Å². The zero-order valence-electron chi connectivity index (χ0n) is 17.6. The SMILES string of the molecule is C[C@H](CC(=O)N1CC[C@](O)(c2ccc(Cl)cc2)C(C)(C)C1)NC(=O)c1cccnc1. The van der Waals surface area contributed by atoms with E-state index in [1.54, 1.807) is 35.4 Å². The van der Waals surface area contributed by atoms with E-state index in [4.69, 9.17) is 11.6 Å². The van der Waals surface area contributed by atoms with Gasteiger partial charge in [-0.05, 0) is 43.2 Å². The van der Waals surface area contributed by atoms with E-state index in [9.17, 15) is 14.7 Å². The van der Waals surface area contributed by atoms with Crippen molar-refractivity contribution in [2.24, 2.45) is 5.41 Å². The largest absolute Gasteiger partial charge is 0.384 e. The summed E-state index contributed by atoms with van der Waals surface area (Å²) in [5.41, 5.74) is -0.323. The predicted octanol–water partition coefficient (Wildman–Crippen LogP) is 3.39. The van der Waals surface area contributed by atoms with Crippen LogP contribution in [0.15, 0.2) is 48.8 Å². The lowest BCUT2D eigenvalue weighted by molar-refractivity contribution is -0.153. The Morgan fingerprint density at radius 2 is 1.97 bits per heavy atom. The van der Waals surface area contributed by atoms with E-state index in [2.05, 4.69) is 10.3 Å². The number of amides is 2. The number of carbonyl (C=O) groups excluding carboxylic acids is 2. The molecular formula is C23H28ClN3O3. The molecule has 2 aromatic rings. The Labute approximate surface area is 182 Å². The first-order chi connectivity index (χ1) is 14.1. The average Bonchev–Trinajstić information content (AvgIpc) is 2.71. The molecule has 1 aliphatic rings. The summed E-state index contributed by atoms with van der Waals surface area (Å²) in [7, 11) is 0. The van der Waals surface area contributed by atoms with Gasteiger partial charge in [-0.15, -0.1) is 0 Å². The summed E-state index contributed by atoms with van der Waals surface area (Å²) in [6.07, 6.45) is 3.73. The van der Waals surface area contributed by atoms with Gasteiger partial charge in [0.15, 0.2) is 0 Å². The predicted molar refractivity (Wildman–Crippen MR) is 116 cm³/mol. The van der Waals surface area contributed by atoms with Gasteiger partial charge in [0.05, 0.1) is 11.2 Å². The second-order valence-electron chi connectivity index (χ2n) is 8.64. The van der Waals surface area contributed by atoms with Crippen molar-refractivity contribution in [1.29, 1.82) is 0 Å². The third-order valence-corrected chi connectivity index (χ3v) is 6.16. The Morgan fingerprint density at radius 3 is 2.57 bits per heavy atom. The molecule has 2 amide bonds. The van der Waals surface area contributed by atoms with Gasteiger partial charge in [-0.1, -0.05) is 37.6 Å². The minimum Gasteiger partial charge on any atom is -0.384 e. The molecule has 0 bridgehead atoms. The number of carbonyl (C=O) groups is 2. The summed E-state index contributed by atoms with van der Waals surface area (Å²) < 4.78 is 0. The molecule has 2 N–H and O–H groups in total. The fourth-order valence-corrected chi connectivity index (χ4v) is 4.17. The molecule has 0 spiro atoms. The lowest BCUT2D eigenvalue weighted by Gasteiger charge is -2.50. The standard InChI is InChI=1S/C23H28ClN3O3/c1-16(26-21(29)17-5-4-11-25-14-17)13-20(28)27-12-10-23(30,22(2,3)15-27)18-6-8-19(24)9-7-18/h4-9,11,14,16,30H,10,12-13,15H2,1-3H3,(H,26,29)/t16-,23+/m1/s1. The van der Waals surface area contributed by atoms with Crippen molar-refractivity contribution in [3.63, 3.8) is 0 Å². The Bertz CT molecular complexity index is 902. The van der Waals surface area contributed by atoms with Crippen LogP contribution in [-0.4, -0.2) is 45.9 Å². The zero-order chi connectivity index (χ0) is 21.9. The van der Waals surface area contributed by atoms with Crippen LogP contribution in [0.1, 0.15) is 49.5 Å². The highest BCUT2D eigenvalue weighted by Crippen LogP contribution is 2.46. The fraction of sp³-hybridized carbons (Fsp3) is 0.435. The van der Waals surface area contributed by atoms with Gasteiger partial charge in [-0.25, -0.2) is 0 Å². The van der Waals surface area contributed by atoms with Crippen LogP contribution in [0.2, 0.25) is 5.02 Å². The van der Waals surface area contributed by atoms with Crippen LogP contribution in [-0.2, 0) is 10.4 Å². The van der Waals surface area contributed by atoms with Crippen molar-refractivity contribution in [3.05, 3.63) is 64.9 Å². The van der Waals surface area contributed by atoms with Crippen LogP contribution in [0.4, 0.5) is 0 Å².